The van der Waals surface area contributed by atoms with Gasteiger partial charge in [0, 0.05) is 24.0 Å². The van der Waals surface area contributed by atoms with E-state index in [1.165, 1.54) is 12.4 Å². The predicted molar refractivity (Wildman–Crippen MR) is 59.0 cm³/mol. The molecule has 0 aliphatic heterocycles. The highest BCUT2D eigenvalue weighted by atomic mass is 35.5. The monoisotopic (exact) mass is 258 g/mol. The minimum absolute atomic E-state index is 0. The quantitative estimate of drug-likeness (QED) is 0.905. The zero-order valence-electron chi connectivity index (χ0n) is 7.21. The van der Waals surface area contributed by atoms with Gasteiger partial charge < -0.3 is 5.73 Å². The van der Waals surface area contributed by atoms with Crippen LogP contribution in [0.2, 0.25) is 10.0 Å². The molecule has 0 amide bonds. The summed E-state index contributed by atoms with van der Waals surface area (Å²) in [7, 11) is 0. The molecule has 0 saturated carbocycles. The lowest BCUT2D eigenvalue weighted by atomic mass is 10.1. The van der Waals surface area contributed by atoms with Crippen molar-refractivity contribution >= 4 is 35.6 Å². The van der Waals surface area contributed by atoms with Crippen LogP contribution in [0.4, 0.5) is 4.39 Å². The molecule has 0 spiro atoms. The first-order chi connectivity index (χ1) is 6.16. The van der Waals surface area contributed by atoms with E-state index in [9.17, 15) is 4.39 Å². The molecule has 1 heterocycles. The average Bonchev–Trinajstić information content (AvgIpc) is 2.04. The van der Waals surface area contributed by atoms with Crippen molar-refractivity contribution in [2.45, 2.75) is 12.5 Å². The summed E-state index contributed by atoms with van der Waals surface area (Å²) in [5.41, 5.74) is 6.24. The molecule has 0 unspecified atom stereocenters. The third-order valence-electron chi connectivity index (χ3n) is 1.68. The number of hydrogen-bond donors (Lipinski definition) is 1. The van der Waals surface area contributed by atoms with Crippen LogP contribution in [0.1, 0.15) is 18.0 Å². The van der Waals surface area contributed by atoms with Crippen LogP contribution in [-0.2, 0) is 0 Å². The lowest BCUT2D eigenvalue weighted by molar-refractivity contribution is 0.442. The maximum atomic E-state index is 12.0. The van der Waals surface area contributed by atoms with Gasteiger partial charge in [-0.3, -0.25) is 9.37 Å². The van der Waals surface area contributed by atoms with Gasteiger partial charge in [-0.05, 0) is 6.42 Å². The van der Waals surface area contributed by atoms with Crippen LogP contribution in [-0.4, -0.2) is 11.7 Å². The maximum absolute atomic E-state index is 12.0. The van der Waals surface area contributed by atoms with Crippen molar-refractivity contribution in [2.75, 3.05) is 6.67 Å². The number of alkyl halides is 1. The van der Waals surface area contributed by atoms with Crippen molar-refractivity contribution in [2.24, 2.45) is 5.73 Å². The van der Waals surface area contributed by atoms with Crippen LogP contribution in [0, 0.1) is 0 Å². The summed E-state index contributed by atoms with van der Waals surface area (Å²) >= 11 is 11.6. The average molecular weight is 260 g/mol. The van der Waals surface area contributed by atoms with Crippen LogP contribution in [0.5, 0.6) is 0 Å². The molecule has 1 atom stereocenters. The molecule has 0 fully saturated rings. The van der Waals surface area contributed by atoms with Gasteiger partial charge in [0.1, 0.15) is 0 Å². The Labute approximate surface area is 98.0 Å². The highest BCUT2D eigenvalue weighted by Gasteiger charge is 2.13. The number of rotatable bonds is 3. The summed E-state index contributed by atoms with van der Waals surface area (Å²) < 4.78 is 12.0. The maximum Gasteiger partial charge on any atom is 0.0912 e. The Kier molecular flexibility index (Phi) is 6.36. The van der Waals surface area contributed by atoms with E-state index >= 15 is 0 Å². The smallest absolute Gasteiger partial charge is 0.0912 e. The minimum Gasteiger partial charge on any atom is -0.324 e. The van der Waals surface area contributed by atoms with Gasteiger partial charge in [0.25, 0.3) is 0 Å². The molecule has 0 aliphatic rings. The second kappa shape index (κ2) is 6.40. The van der Waals surface area contributed by atoms with Gasteiger partial charge in [-0.25, -0.2) is 0 Å². The molecule has 1 aromatic rings. The first kappa shape index (κ1) is 13.9. The van der Waals surface area contributed by atoms with Gasteiger partial charge in [-0.1, -0.05) is 23.2 Å². The Balaban J connectivity index is 0.00000169. The van der Waals surface area contributed by atoms with Gasteiger partial charge in [0.15, 0.2) is 0 Å². The van der Waals surface area contributed by atoms with Gasteiger partial charge >= 0.3 is 0 Å². The number of hydrogen-bond acceptors (Lipinski definition) is 2. The molecule has 2 N–H and O–H groups in total. The Morgan fingerprint density at radius 1 is 1.36 bits per heavy atom. The molecule has 6 heteroatoms. The molecule has 1 rings (SSSR count). The van der Waals surface area contributed by atoms with E-state index in [0.717, 1.165) is 0 Å². The third kappa shape index (κ3) is 3.24. The van der Waals surface area contributed by atoms with Gasteiger partial charge in [0.05, 0.1) is 16.7 Å². The van der Waals surface area contributed by atoms with Crippen LogP contribution >= 0.6 is 35.6 Å². The molecule has 0 aliphatic carbocycles. The summed E-state index contributed by atoms with van der Waals surface area (Å²) in [6.45, 7) is -0.490. The molecule has 0 saturated heterocycles. The van der Waals surface area contributed by atoms with Crippen molar-refractivity contribution in [1.82, 2.24) is 4.98 Å². The lowest BCUT2D eigenvalue weighted by Gasteiger charge is -2.12. The third-order valence-corrected chi connectivity index (χ3v) is 2.28. The molecule has 0 bridgehead atoms. The second-order valence-corrected chi connectivity index (χ2v) is 3.42. The number of aromatic nitrogens is 1. The number of pyridine rings is 1. The largest absolute Gasteiger partial charge is 0.324 e. The van der Waals surface area contributed by atoms with Crippen LogP contribution in [0.3, 0.4) is 0 Å². The number of nitrogens with zero attached hydrogens (tertiary/aromatic N) is 1. The minimum atomic E-state index is -0.490. The highest BCUT2D eigenvalue weighted by molar-refractivity contribution is 6.35. The highest BCUT2D eigenvalue weighted by Crippen LogP contribution is 2.29. The number of halogens is 4. The van der Waals surface area contributed by atoms with E-state index in [0.29, 0.717) is 15.6 Å². The van der Waals surface area contributed by atoms with Crippen molar-refractivity contribution in [1.29, 1.82) is 0 Å². The van der Waals surface area contributed by atoms with Crippen LogP contribution < -0.4 is 5.73 Å². The number of nitrogens with two attached hydrogens (primary N) is 1. The van der Waals surface area contributed by atoms with Gasteiger partial charge in [0.2, 0.25) is 0 Å². The molecule has 80 valence electrons. The molecule has 14 heavy (non-hydrogen) atoms. The normalized spacial score (nSPS) is 12.0. The van der Waals surface area contributed by atoms with Crippen molar-refractivity contribution < 1.29 is 4.39 Å². The lowest BCUT2D eigenvalue weighted by Crippen LogP contribution is -2.12. The summed E-state index contributed by atoms with van der Waals surface area (Å²) in [6, 6.07) is -0.465. The zero-order chi connectivity index (χ0) is 9.84. The Morgan fingerprint density at radius 3 is 2.29 bits per heavy atom. The fourth-order valence-corrected chi connectivity index (χ4v) is 1.68. The Morgan fingerprint density at radius 2 is 1.86 bits per heavy atom. The fraction of sp³-hybridized carbons (Fsp3) is 0.375. The summed E-state index contributed by atoms with van der Waals surface area (Å²) in [5.74, 6) is 0. The fourth-order valence-electron chi connectivity index (χ4n) is 1.04. The summed E-state index contributed by atoms with van der Waals surface area (Å²) in [6.07, 6.45) is 3.10. The SMILES string of the molecule is Cl.N[C@@H](CCF)c1c(Cl)cncc1Cl. The van der Waals surface area contributed by atoms with Gasteiger partial charge in [-0.15, -0.1) is 12.4 Å². The molecular formula is C8H10Cl3FN2. The van der Waals surface area contributed by atoms with E-state index in [1.54, 1.807) is 0 Å². The summed E-state index contributed by atoms with van der Waals surface area (Å²) in [4.78, 5) is 3.77. The molecule has 1 aromatic heterocycles. The van der Waals surface area contributed by atoms with Crippen LogP contribution in [0.25, 0.3) is 0 Å². The topological polar surface area (TPSA) is 38.9 Å². The standard InChI is InChI=1S/C8H9Cl2FN2.ClH/c9-5-3-13-4-6(10)8(5)7(12)1-2-11;/h3-4,7H,1-2,12H2;1H/t7-;/m0./s1. The van der Waals surface area contributed by atoms with Crippen molar-refractivity contribution in [3.05, 3.63) is 28.0 Å². The predicted octanol–water partition coefficient (Wildman–Crippen LogP) is 3.17. The zero-order valence-corrected chi connectivity index (χ0v) is 9.54. The van der Waals surface area contributed by atoms with E-state index in [-0.39, 0.29) is 18.8 Å². The molecular weight excluding hydrogens is 249 g/mol. The molecule has 0 radical (unpaired) electrons. The van der Waals surface area contributed by atoms with Crippen molar-refractivity contribution in [3.8, 4) is 0 Å². The van der Waals surface area contributed by atoms with E-state index in [1.807, 2.05) is 0 Å². The second-order valence-electron chi connectivity index (χ2n) is 2.60. The van der Waals surface area contributed by atoms with E-state index in [2.05, 4.69) is 4.98 Å². The Bertz CT molecular complexity index is 276. The van der Waals surface area contributed by atoms with E-state index < -0.39 is 12.7 Å². The Hall–Kier alpha value is -0.0900. The van der Waals surface area contributed by atoms with Crippen LogP contribution in [0.15, 0.2) is 12.4 Å². The van der Waals surface area contributed by atoms with Gasteiger partial charge in [-0.2, -0.15) is 0 Å². The molecule has 0 aromatic carbocycles. The van der Waals surface area contributed by atoms with Crippen molar-refractivity contribution in [3.63, 3.8) is 0 Å². The molecule has 2 nitrogen and oxygen atoms in total. The first-order valence-corrected chi connectivity index (χ1v) is 4.53. The first-order valence-electron chi connectivity index (χ1n) is 3.77. The van der Waals surface area contributed by atoms with E-state index in [4.69, 9.17) is 28.9 Å². The summed E-state index contributed by atoms with van der Waals surface area (Å²) in [5, 5.41) is 0.766.